The third-order valence-corrected chi connectivity index (χ3v) is 5.44. The van der Waals surface area contributed by atoms with Crippen molar-refractivity contribution in [2.24, 2.45) is 0 Å². The maximum absolute atomic E-state index is 12.9. The molecule has 1 unspecified atom stereocenters. The second kappa shape index (κ2) is 8.87. The van der Waals surface area contributed by atoms with Gasteiger partial charge in [-0.15, -0.1) is 0 Å². The number of aryl methyl sites for hydroxylation is 1. The number of carbonyl (C=O) groups is 1. The number of ether oxygens (including phenoxy) is 1. The Kier molecular flexibility index (Phi) is 6.50. The third kappa shape index (κ3) is 4.79. The van der Waals surface area contributed by atoms with Crippen LogP contribution in [0.5, 0.6) is 5.75 Å². The summed E-state index contributed by atoms with van der Waals surface area (Å²) < 4.78 is 6.11. The van der Waals surface area contributed by atoms with E-state index in [1.54, 1.807) is 0 Å². The molecule has 0 saturated carbocycles. The molecule has 4 nitrogen and oxygen atoms in total. The first kappa shape index (κ1) is 20.5. The SMILES string of the molecule is Cc1ccc(C(C)C)c(OC(C)C(=O)N2CCN(c3cccc(Cl)c3)CC2)c1. The summed E-state index contributed by atoms with van der Waals surface area (Å²) in [5, 5.41) is 0.733. The number of nitrogens with zero attached hydrogens (tertiary/aromatic N) is 2. The van der Waals surface area contributed by atoms with Crippen LogP contribution in [0.2, 0.25) is 5.02 Å². The Bertz CT molecular complexity index is 829. The molecule has 1 atom stereocenters. The molecule has 1 aliphatic rings. The van der Waals surface area contributed by atoms with Gasteiger partial charge in [-0.2, -0.15) is 0 Å². The number of rotatable bonds is 5. The molecule has 0 radical (unpaired) electrons. The number of piperazine rings is 1. The standard InChI is InChI=1S/C23H29ClN2O2/c1-16(2)21-9-8-17(3)14-22(21)28-18(4)23(27)26-12-10-25(11-13-26)20-7-5-6-19(24)15-20/h5-9,14-16,18H,10-13H2,1-4H3. The zero-order chi connectivity index (χ0) is 20.3. The Morgan fingerprint density at radius 1 is 1.04 bits per heavy atom. The highest BCUT2D eigenvalue weighted by atomic mass is 35.5. The Labute approximate surface area is 173 Å². The lowest BCUT2D eigenvalue weighted by atomic mass is 10.0. The second-order valence-corrected chi connectivity index (χ2v) is 8.18. The Balaban J connectivity index is 1.61. The lowest BCUT2D eigenvalue weighted by molar-refractivity contribution is -0.138. The minimum atomic E-state index is -0.503. The number of carbonyl (C=O) groups excluding carboxylic acids is 1. The summed E-state index contributed by atoms with van der Waals surface area (Å²) in [6, 6.07) is 14.1. The Morgan fingerprint density at radius 2 is 1.75 bits per heavy atom. The molecule has 0 N–H and O–H groups in total. The van der Waals surface area contributed by atoms with Gasteiger partial charge in [0, 0.05) is 36.9 Å². The average molecular weight is 401 g/mol. The largest absolute Gasteiger partial charge is 0.481 e. The minimum absolute atomic E-state index is 0.0435. The van der Waals surface area contributed by atoms with Crippen molar-refractivity contribution in [1.29, 1.82) is 0 Å². The first-order valence-electron chi connectivity index (χ1n) is 9.91. The van der Waals surface area contributed by atoms with E-state index in [9.17, 15) is 4.79 Å². The predicted octanol–water partition coefficient (Wildman–Crippen LogP) is 4.89. The number of hydrogen-bond acceptors (Lipinski definition) is 3. The molecule has 150 valence electrons. The fourth-order valence-electron chi connectivity index (χ4n) is 3.58. The number of hydrogen-bond donors (Lipinski definition) is 0. The van der Waals surface area contributed by atoms with Gasteiger partial charge in [0.2, 0.25) is 0 Å². The monoisotopic (exact) mass is 400 g/mol. The minimum Gasteiger partial charge on any atom is -0.481 e. The Hall–Kier alpha value is -2.20. The normalized spacial score (nSPS) is 15.6. The number of halogens is 1. The molecule has 1 fully saturated rings. The van der Waals surface area contributed by atoms with Crippen molar-refractivity contribution < 1.29 is 9.53 Å². The van der Waals surface area contributed by atoms with Crippen LogP contribution in [0.25, 0.3) is 0 Å². The molecule has 2 aromatic rings. The van der Waals surface area contributed by atoms with Crippen molar-refractivity contribution in [3.05, 3.63) is 58.6 Å². The molecule has 5 heteroatoms. The summed E-state index contributed by atoms with van der Waals surface area (Å²) in [4.78, 5) is 17.1. The number of anilines is 1. The van der Waals surface area contributed by atoms with E-state index in [1.807, 2.05) is 43.0 Å². The van der Waals surface area contributed by atoms with E-state index in [0.29, 0.717) is 19.0 Å². The summed E-state index contributed by atoms with van der Waals surface area (Å²) in [5.41, 5.74) is 3.37. The highest BCUT2D eigenvalue weighted by Gasteiger charge is 2.27. The molecule has 3 rings (SSSR count). The fourth-order valence-corrected chi connectivity index (χ4v) is 3.76. The first-order chi connectivity index (χ1) is 13.3. The van der Waals surface area contributed by atoms with Gasteiger partial charge in [0.1, 0.15) is 5.75 Å². The number of amides is 1. The molecule has 1 amide bonds. The van der Waals surface area contributed by atoms with Gasteiger partial charge in [0.15, 0.2) is 6.10 Å². The maximum atomic E-state index is 12.9. The smallest absolute Gasteiger partial charge is 0.263 e. The van der Waals surface area contributed by atoms with Crippen molar-refractivity contribution in [3.8, 4) is 5.75 Å². The Morgan fingerprint density at radius 3 is 2.39 bits per heavy atom. The van der Waals surface area contributed by atoms with Gasteiger partial charge in [-0.05, 0) is 55.2 Å². The van der Waals surface area contributed by atoms with Gasteiger partial charge in [-0.3, -0.25) is 4.79 Å². The van der Waals surface area contributed by atoms with Crippen LogP contribution in [0.3, 0.4) is 0 Å². The molecule has 0 spiro atoms. The third-order valence-electron chi connectivity index (χ3n) is 5.21. The molecule has 1 aliphatic heterocycles. The van der Waals surface area contributed by atoms with Crippen LogP contribution in [0.4, 0.5) is 5.69 Å². The molecular weight excluding hydrogens is 372 g/mol. The molecule has 2 aromatic carbocycles. The molecule has 1 heterocycles. The van der Waals surface area contributed by atoms with Crippen molar-refractivity contribution >= 4 is 23.2 Å². The molecule has 28 heavy (non-hydrogen) atoms. The van der Waals surface area contributed by atoms with Gasteiger partial charge in [0.25, 0.3) is 5.91 Å². The summed E-state index contributed by atoms with van der Waals surface area (Å²) in [6.45, 7) is 11.1. The van der Waals surface area contributed by atoms with E-state index < -0.39 is 6.10 Å². The van der Waals surface area contributed by atoms with E-state index in [-0.39, 0.29) is 5.91 Å². The summed E-state index contributed by atoms with van der Waals surface area (Å²) in [5.74, 6) is 1.20. The summed E-state index contributed by atoms with van der Waals surface area (Å²) >= 11 is 6.10. The van der Waals surface area contributed by atoms with E-state index in [2.05, 4.69) is 36.9 Å². The van der Waals surface area contributed by atoms with Crippen LogP contribution in [0.15, 0.2) is 42.5 Å². The highest BCUT2D eigenvalue weighted by molar-refractivity contribution is 6.30. The van der Waals surface area contributed by atoms with Gasteiger partial charge in [-0.1, -0.05) is 43.6 Å². The lowest BCUT2D eigenvalue weighted by Gasteiger charge is -2.37. The molecule has 1 saturated heterocycles. The van der Waals surface area contributed by atoms with Gasteiger partial charge < -0.3 is 14.5 Å². The van der Waals surface area contributed by atoms with Crippen LogP contribution in [0, 0.1) is 6.92 Å². The topological polar surface area (TPSA) is 32.8 Å². The van der Waals surface area contributed by atoms with Crippen LogP contribution in [-0.4, -0.2) is 43.1 Å². The molecule has 0 aromatic heterocycles. The molecule has 0 bridgehead atoms. The zero-order valence-electron chi connectivity index (χ0n) is 17.1. The van der Waals surface area contributed by atoms with Crippen molar-refractivity contribution in [2.45, 2.75) is 39.7 Å². The van der Waals surface area contributed by atoms with E-state index in [4.69, 9.17) is 16.3 Å². The van der Waals surface area contributed by atoms with Crippen molar-refractivity contribution in [2.75, 3.05) is 31.1 Å². The zero-order valence-corrected chi connectivity index (χ0v) is 17.9. The molecule has 0 aliphatic carbocycles. The summed E-state index contributed by atoms with van der Waals surface area (Å²) in [7, 11) is 0. The fraction of sp³-hybridized carbons (Fsp3) is 0.435. The predicted molar refractivity (Wildman–Crippen MR) is 116 cm³/mol. The van der Waals surface area contributed by atoms with Crippen LogP contribution < -0.4 is 9.64 Å². The van der Waals surface area contributed by atoms with Crippen LogP contribution >= 0.6 is 11.6 Å². The maximum Gasteiger partial charge on any atom is 0.263 e. The van der Waals surface area contributed by atoms with E-state index in [1.165, 1.54) is 0 Å². The molecular formula is C23H29ClN2O2. The quantitative estimate of drug-likeness (QED) is 0.716. The van der Waals surface area contributed by atoms with Gasteiger partial charge >= 0.3 is 0 Å². The van der Waals surface area contributed by atoms with E-state index in [0.717, 1.165) is 40.7 Å². The van der Waals surface area contributed by atoms with Gasteiger partial charge in [0.05, 0.1) is 0 Å². The van der Waals surface area contributed by atoms with Crippen molar-refractivity contribution in [3.63, 3.8) is 0 Å². The average Bonchev–Trinajstić information content (AvgIpc) is 2.67. The van der Waals surface area contributed by atoms with Crippen LogP contribution in [0.1, 0.15) is 37.8 Å². The van der Waals surface area contributed by atoms with Crippen molar-refractivity contribution in [1.82, 2.24) is 4.90 Å². The second-order valence-electron chi connectivity index (χ2n) is 7.75. The van der Waals surface area contributed by atoms with Gasteiger partial charge in [-0.25, -0.2) is 0 Å². The van der Waals surface area contributed by atoms with E-state index >= 15 is 0 Å². The lowest BCUT2D eigenvalue weighted by Crippen LogP contribution is -2.52. The summed E-state index contributed by atoms with van der Waals surface area (Å²) in [6.07, 6.45) is -0.503. The first-order valence-corrected chi connectivity index (χ1v) is 10.3. The number of benzene rings is 2. The van der Waals surface area contributed by atoms with Crippen LogP contribution in [-0.2, 0) is 4.79 Å². The highest BCUT2D eigenvalue weighted by Crippen LogP contribution is 2.29.